The SMILES string of the molecule is c1ccc(-n2c(-c3ccc(-c4cccc5c4-c4ccccc4C54c5ccccc5-c5ccc6oc7ccccc7c6c54)cc3)nc3ccccc32)cc1. The van der Waals surface area contributed by atoms with Crippen LogP contribution in [-0.2, 0) is 5.41 Å². The molecular weight excluding hydrogens is 645 g/mol. The van der Waals surface area contributed by atoms with Crippen molar-refractivity contribution in [3.63, 3.8) is 0 Å². The highest BCUT2D eigenvalue weighted by atomic mass is 16.3. The molecule has 10 aromatic rings. The molecule has 2 aliphatic rings. The van der Waals surface area contributed by atoms with Gasteiger partial charge in [0.05, 0.1) is 16.4 Å². The van der Waals surface area contributed by atoms with E-state index in [2.05, 4.69) is 187 Å². The molecule has 1 unspecified atom stereocenters. The second-order valence-electron chi connectivity index (χ2n) is 14.2. The molecule has 3 heteroatoms. The highest BCUT2D eigenvalue weighted by molar-refractivity contribution is 6.13. The van der Waals surface area contributed by atoms with E-state index >= 15 is 0 Å². The van der Waals surface area contributed by atoms with Crippen LogP contribution in [0.25, 0.3) is 83.4 Å². The van der Waals surface area contributed by atoms with E-state index in [4.69, 9.17) is 9.40 Å². The van der Waals surface area contributed by atoms with Crippen molar-refractivity contribution in [2.75, 3.05) is 0 Å². The van der Waals surface area contributed by atoms with E-state index in [1.54, 1.807) is 0 Å². The number of furan rings is 1. The van der Waals surface area contributed by atoms with E-state index in [0.29, 0.717) is 0 Å². The molecule has 246 valence electrons. The Labute approximate surface area is 306 Å². The molecule has 0 fully saturated rings. The lowest BCUT2D eigenvalue weighted by molar-refractivity contribution is 0.668. The molecule has 12 rings (SSSR count). The summed E-state index contributed by atoms with van der Waals surface area (Å²) in [7, 11) is 0. The van der Waals surface area contributed by atoms with Crippen LogP contribution in [0.15, 0.2) is 186 Å². The van der Waals surface area contributed by atoms with Crippen molar-refractivity contribution >= 4 is 33.0 Å². The fourth-order valence-corrected chi connectivity index (χ4v) is 9.60. The second kappa shape index (κ2) is 10.5. The van der Waals surface area contributed by atoms with Crippen molar-refractivity contribution in [1.29, 1.82) is 0 Å². The number of benzene rings is 8. The minimum Gasteiger partial charge on any atom is -0.456 e. The van der Waals surface area contributed by atoms with Gasteiger partial charge >= 0.3 is 0 Å². The third-order valence-corrected chi connectivity index (χ3v) is 11.6. The summed E-state index contributed by atoms with van der Waals surface area (Å²) < 4.78 is 8.81. The number of nitrogens with zero attached hydrogens (tertiary/aromatic N) is 2. The molecule has 3 nitrogen and oxygen atoms in total. The first kappa shape index (κ1) is 28.7. The van der Waals surface area contributed by atoms with Gasteiger partial charge < -0.3 is 4.42 Å². The van der Waals surface area contributed by atoms with Gasteiger partial charge in [-0.15, -0.1) is 0 Å². The van der Waals surface area contributed by atoms with E-state index in [-0.39, 0.29) is 0 Å². The van der Waals surface area contributed by atoms with Gasteiger partial charge in [0.15, 0.2) is 0 Å². The zero-order chi connectivity index (χ0) is 34.7. The monoisotopic (exact) mass is 674 g/mol. The molecule has 0 amide bonds. The molecule has 0 saturated carbocycles. The average molecular weight is 675 g/mol. The predicted octanol–water partition coefficient (Wildman–Crippen LogP) is 12.6. The van der Waals surface area contributed by atoms with Gasteiger partial charge in [-0.05, 0) is 92.0 Å². The Hall–Kier alpha value is -6.97. The molecule has 1 atom stereocenters. The molecule has 0 radical (unpaired) electrons. The van der Waals surface area contributed by atoms with Gasteiger partial charge in [-0.2, -0.15) is 0 Å². The lowest BCUT2D eigenvalue weighted by atomic mass is 9.69. The van der Waals surface area contributed by atoms with Gasteiger partial charge in [-0.25, -0.2) is 4.98 Å². The standard InChI is InChI=1S/C50H30N2O/c1-2-13-33(14-3-1)52-43-23-10-9-22-42(43)51-49(52)32-27-25-31(26-28-32)34-18-12-21-41-46(34)37-16-5-8-20-40(37)50(41)39-19-7-4-15-35(39)36-29-30-45-47(48(36)50)38-17-6-11-24-44(38)53-45/h1-30H. The van der Waals surface area contributed by atoms with Crippen LogP contribution in [0, 0.1) is 0 Å². The zero-order valence-corrected chi connectivity index (χ0v) is 28.6. The Kier molecular flexibility index (Phi) is 5.70. The largest absolute Gasteiger partial charge is 0.456 e. The molecule has 0 aliphatic heterocycles. The number of hydrogen-bond donors (Lipinski definition) is 0. The molecule has 2 aromatic heterocycles. The molecule has 53 heavy (non-hydrogen) atoms. The predicted molar refractivity (Wildman–Crippen MR) is 216 cm³/mol. The van der Waals surface area contributed by atoms with Crippen LogP contribution in [0.5, 0.6) is 0 Å². The summed E-state index contributed by atoms with van der Waals surface area (Å²) in [5.41, 5.74) is 18.4. The topological polar surface area (TPSA) is 31.0 Å². The fraction of sp³-hybridized carbons (Fsp3) is 0.0200. The minimum absolute atomic E-state index is 0.500. The molecule has 1 spiro atoms. The lowest BCUT2D eigenvalue weighted by Gasteiger charge is -2.31. The third-order valence-electron chi connectivity index (χ3n) is 11.6. The maximum Gasteiger partial charge on any atom is 0.145 e. The number of aromatic nitrogens is 2. The van der Waals surface area contributed by atoms with Crippen LogP contribution < -0.4 is 0 Å². The van der Waals surface area contributed by atoms with Gasteiger partial charge in [0.1, 0.15) is 17.0 Å². The van der Waals surface area contributed by atoms with Crippen molar-refractivity contribution in [2.24, 2.45) is 0 Å². The fourth-order valence-electron chi connectivity index (χ4n) is 9.60. The number of imidazole rings is 1. The van der Waals surface area contributed by atoms with Crippen LogP contribution in [0.4, 0.5) is 0 Å². The summed E-state index contributed by atoms with van der Waals surface area (Å²) in [6.45, 7) is 0. The summed E-state index contributed by atoms with van der Waals surface area (Å²) in [6, 6.07) is 65.8. The molecule has 2 aliphatic carbocycles. The van der Waals surface area contributed by atoms with Crippen LogP contribution >= 0.6 is 0 Å². The maximum atomic E-state index is 6.54. The van der Waals surface area contributed by atoms with Gasteiger partial charge in [-0.3, -0.25) is 4.57 Å². The van der Waals surface area contributed by atoms with Crippen LogP contribution in [0.3, 0.4) is 0 Å². The summed E-state index contributed by atoms with van der Waals surface area (Å²) >= 11 is 0. The highest BCUT2D eigenvalue weighted by Crippen LogP contribution is 2.65. The zero-order valence-electron chi connectivity index (χ0n) is 28.6. The normalized spacial score (nSPS) is 15.2. The Balaban J connectivity index is 1.10. The smallest absolute Gasteiger partial charge is 0.145 e. The minimum atomic E-state index is -0.500. The molecule has 0 N–H and O–H groups in total. The molecule has 8 aromatic carbocycles. The lowest BCUT2D eigenvalue weighted by Crippen LogP contribution is -2.26. The number of fused-ring (bicyclic) bond motifs is 15. The first-order chi connectivity index (χ1) is 26.3. The van der Waals surface area contributed by atoms with Gasteiger partial charge in [0.25, 0.3) is 0 Å². The molecule has 0 bridgehead atoms. The van der Waals surface area contributed by atoms with Crippen molar-refractivity contribution in [1.82, 2.24) is 9.55 Å². The van der Waals surface area contributed by atoms with Crippen LogP contribution in [-0.4, -0.2) is 9.55 Å². The third kappa shape index (κ3) is 3.70. The maximum absolute atomic E-state index is 6.54. The van der Waals surface area contributed by atoms with E-state index in [1.807, 2.05) is 0 Å². The quantitative estimate of drug-likeness (QED) is 0.187. The molecule has 2 heterocycles. The summed E-state index contributed by atoms with van der Waals surface area (Å²) in [5.74, 6) is 0.932. The molecular formula is C50H30N2O. The van der Waals surface area contributed by atoms with Gasteiger partial charge in [0.2, 0.25) is 0 Å². The Morgan fingerprint density at radius 2 is 1.11 bits per heavy atom. The summed E-state index contributed by atoms with van der Waals surface area (Å²) in [5, 5.41) is 2.36. The van der Waals surface area contributed by atoms with Gasteiger partial charge in [-0.1, -0.05) is 146 Å². The average Bonchev–Trinajstić information content (AvgIpc) is 3.96. The summed E-state index contributed by atoms with van der Waals surface area (Å²) in [4.78, 5) is 5.14. The van der Waals surface area contributed by atoms with E-state index in [1.165, 1.54) is 61.0 Å². The van der Waals surface area contributed by atoms with Crippen molar-refractivity contribution in [3.8, 4) is 50.5 Å². The first-order valence-corrected chi connectivity index (χ1v) is 18.2. The van der Waals surface area contributed by atoms with E-state index < -0.39 is 5.41 Å². The van der Waals surface area contributed by atoms with E-state index in [9.17, 15) is 0 Å². The van der Waals surface area contributed by atoms with Crippen molar-refractivity contribution < 1.29 is 4.42 Å². The number of hydrogen-bond acceptors (Lipinski definition) is 2. The van der Waals surface area contributed by atoms with Crippen LogP contribution in [0.1, 0.15) is 22.3 Å². The summed E-state index contributed by atoms with van der Waals surface area (Å²) in [6.07, 6.45) is 0. The Morgan fingerprint density at radius 1 is 0.453 bits per heavy atom. The number of para-hydroxylation sites is 4. The van der Waals surface area contributed by atoms with Gasteiger partial charge in [0, 0.05) is 22.0 Å². The van der Waals surface area contributed by atoms with Crippen molar-refractivity contribution in [2.45, 2.75) is 5.41 Å². The van der Waals surface area contributed by atoms with Crippen LogP contribution in [0.2, 0.25) is 0 Å². The number of rotatable bonds is 3. The molecule has 0 saturated heterocycles. The van der Waals surface area contributed by atoms with E-state index in [0.717, 1.165) is 44.7 Å². The Bertz CT molecular complexity index is 3110. The first-order valence-electron chi connectivity index (χ1n) is 18.2. The van der Waals surface area contributed by atoms with Crippen molar-refractivity contribution in [3.05, 3.63) is 204 Å². The Morgan fingerprint density at radius 3 is 1.98 bits per heavy atom. The highest BCUT2D eigenvalue weighted by Gasteiger charge is 2.53. The second-order valence-corrected chi connectivity index (χ2v) is 14.2.